The number of nitrogens with one attached hydrogen (secondary N) is 1. The van der Waals surface area contributed by atoms with E-state index in [9.17, 15) is 18.0 Å². The standard InChI is InChI=1S/C40H33F3N2O2/c1-27-24-25-44-37(36(27)40(41,42)43)34-23-22-28(32-20-12-13-21-33(32)34)26-35(38(46)47-2)45-39(29-14-6-3-7-15-29,30-16-8-4-9-17-30)31-18-10-5-11-19-31/h3-25,35,45H,26H2,1-2H3/t35-/m0/s1. The van der Waals surface area contributed by atoms with Crippen LogP contribution in [0.15, 0.2) is 140 Å². The Morgan fingerprint density at radius 2 is 1.23 bits per heavy atom. The zero-order chi connectivity index (χ0) is 33.0. The third-order valence-electron chi connectivity index (χ3n) is 8.63. The number of aromatic nitrogens is 1. The second-order valence-corrected chi connectivity index (χ2v) is 11.4. The van der Waals surface area contributed by atoms with Crippen molar-refractivity contribution in [3.05, 3.63) is 173 Å². The number of nitrogens with zero attached hydrogens (tertiary/aromatic N) is 1. The van der Waals surface area contributed by atoms with E-state index in [0.717, 1.165) is 27.6 Å². The maximum atomic E-state index is 14.3. The highest BCUT2D eigenvalue weighted by molar-refractivity contribution is 5.99. The number of carbonyl (C=O) groups is 1. The molecular formula is C40H33F3N2O2. The number of aryl methyl sites for hydroxylation is 1. The van der Waals surface area contributed by atoms with Gasteiger partial charge < -0.3 is 4.74 Å². The molecule has 0 aliphatic rings. The van der Waals surface area contributed by atoms with Crippen molar-refractivity contribution in [2.75, 3.05) is 7.11 Å². The van der Waals surface area contributed by atoms with Gasteiger partial charge in [0.15, 0.2) is 0 Å². The summed E-state index contributed by atoms with van der Waals surface area (Å²) in [6.45, 7) is 1.44. The number of hydrogen-bond donors (Lipinski definition) is 1. The molecule has 0 aliphatic carbocycles. The van der Waals surface area contributed by atoms with Crippen molar-refractivity contribution in [2.45, 2.75) is 31.1 Å². The molecule has 0 radical (unpaired) electrons. The first kappa shape index (κ1) is 31.7. The van der Waals surface area contributed by atoms with Crippen LogP contribution in [-0.2, 0) is 27.7 Å². The average Bonchev–Trinajstić information content (AvgIpc) is 3.10. The van der Waals surface area contributed by atoms with Gasteiger partial charge in [0, 0.05) is 11.8 Å². The fourth-order valence-corrected chi connectivity index (χ4v) is 6.50. The molecule has 0 saturated carbocycles. The van der Waals surface area contributed by atoms with E-state index in [1.165, 1.54) is 26.3 Å². The topological polar surface area (TPSA) is 51.2 Å². The van der Waals surface area contributed by atoms with Crippen LogP contribution in [0.3, 0.4) is 0 Å². The molecule has 47 heavy (non-hydrogen) atoms. The van der Waals surface area contributed by atoms with Crippen molar-refractivity contribution < 1.29 is 22.7 Å². The van der Waals surface area contributed by atoms with E-state index in [1.807, 2.05) is 103 Å². The Morgan fingerprint density at radius 3 is 1.74 bits per heavy atom. The number of rotatable bonds is 9. The van der Waals surface area contributed by atoms with Gasteiger partial charge in [-0.25, -0.2) is 0 Å². The molecule has 0 amide bonds. The Balaban J connectivity index is 1.51. The summed E-state index contributed by atoms with van der Waals surface area (Å²) in [6.07, 6.45) is -2.98. The molecule has 0 unspecified atom stereocenters. The van der Waals surface area contributed by atoms with Crippen LogP contribution >= 0.6 is 0 Å². The lowest BCUT2D eigenvalue weighted by atomic mass is 9.76. The number of ether oxygens (including phenoxy) is 1. The van der Waals surface area contributed by atoms with Crippen molar-refractivity contribution in [1.82, 2.24) is 10.3 Å². The molecule has 5 aromatic carbocycles. The van der Waals surface area contributed by atoms with Crippen molar-refractivity contribution >= 4 is 16.7 Å². The monoisotopic (exact) mass is 630 g/mol. The van der Waals surface area contributed by atoms with Gasteiger partial charge >= 0.3 is 12.1 Å². The lowest BCUT2D eigenvalue weighted by Crippen LogP contribution is -2.53. The number of alkyl halides is 3. The molecule has 1 aromatic heterocycles. The Bertz CT molecular complexity index is 1900. The van der Waals surface area contributed by atoms with Crippen molar-refractivity contribution in [2.24, 2.45) is 0 Å². The summed E-state index contributed by atoms with van der Waals surface area (Å²) in [5.74, 6) is -0.468. The van der Waals surface area contributed by atoms with Crippen molar-refractivity contribution in [3.63, 3.8) is 0 Å². The molecule has 236 valence electrons. The summed E-state index contributed by atoms with van der Waals surface area (Å²) in [7, 11) is 1.36. The van der Waals surface area contributed by atoms with E-state index in [1.54, 1.807) is 24.3 Å². The van der Waals surface area contributed by atoms with E-state index in [4.69, 9.17) is 4.74 Å². The second-order valence-electron chi connectivity index (χ2n) is 11.4. The zero-order valence-electron chi connectivity index (χ0n) is 26.0. The minimum atomic E-state index is -4.58. The van der Waals surface area contributed by atoms with Gasteiger partial charge in [-0.05, 0) is 58.0 Å². The van der Waals surface area contributed by atoms with Gasteiger partial charge in [0.05, 0.1) is 23.9 Å². The zero-order valence-corrected chi connectivity index (χ0v) is 26.0. The molecule has 6 aromatic rings. The van der Waals surface area contributed by atoms with Gasteiger partial charge in [-0.15, -0.1) is 0 Å². The second kappa shape index (κ2) is 13.2. The summed E-state index contributed by atoms with van der Waals surface area (Å²) in [4.78, 5) is 17.9. The average molecular weight is 631 g/mol. The highest BCUT2D eigenvalue weighted by Gasteiger charge is 2.41. The van der Waals surface area contributed by atoms with E-state index < -0.39 is 29.3 Å². The van der Waals surface area contributed by atoms with Crippen LogP contribution in [0.5, 0.6) is 0 Å². The predicted molar refractivity (Wildman–Crippen MR) is 179 cm³/mol. The molecule has 0 saturated heterocycles. The summed E-state index contributed by atoms with van der Waals surface area (Å²) in [5.41, 5.74) is 2.19. The minimum absolute atomic E-state index is 0.102. The Kier molecular flexibility index (Phi) is 8.92. The van der Waals surface area contributed by atoms with Gasteiger partial charge in [0.1, 0.15) is 6.04 Å². The maximum absolute atomic E-state index is 14.3. The molecule has 7 heteroatoms. The molecule has 1 heterocycles. The number of pyridine rings is 1. The highest BCUT2D eigenvalue weighted by atomic mass is 19.4. The van der Waals surface area contributed by atoms with E-state index in [-0.39, 0.29) is 17.7 Å². The summed E-state index contributed by atoms with van der Waals surface area (Å²) < 4.78 is 48.1. The van der Waals surface area contributed by atoms with E-state index >= 15 is 0 Å². The smallest absolute Gasteiger partial charge is 0.418 e. The molecule has 0 aliphatic heterocycles. The first-order valence-corrected chi connectivity index (χ1v) is 15.3. The molecule has 0 fully saturated rings. The van der Waals surface area contributed by atoms with Crippen LogP contribution in [0.2, 0.25) is 0 Å². The third-order valence-corrected chi connectivity index (χ3v) is 8.63. The third kappa shape index (κ3) is 6.14. The number of benzene rings is 5. The Hall–Kier alpha value is -5.27. The quantitative estimate of drug-likeness (QED) is 0.128. The summed E-state index contributed by atoms with van der Waals surface area (Å²) in [5, 5.41) is 5.06. The van der Waals surface area contributed by atoms with Crippen LogP contribution < -0.4 is 5.32 Å². The molecule has 0 bridgehead atoms. The van der Waals surface area contributed by atoms with E-state index in [2.05, 4.69) is 10.3 Å². The number of fused-ring (bicyclic) bond motifs is 1. The Morgan fingerprint density at radius 1 is 0.723 bits per heavy atom. The summed E-state index contributed by atoms with van der Waals surface area (Å²) in [6, 6.07) is 41.0. The molecule has 6 rings (SSSR count). The highest BCUT2D eigenvalue weighted by Crippen LogP contribution is 2.41. The largest absolute Gasteiger partial charge is 0.468 e. The lowest BCUT2D eigenvalue weighted by Gasteiger charge is -2.39. The van der Waals surface area contributed by atoms with Gasteiger partial charge in [-0.3, -0.25) is 15.1 Å². The fraction of sp³-hybridized carbons (Fsp3) is 0.150. The number of halogens is 3. The van der Waals surface area contributed by atoms with E-state index in [0.29, 0.717) is 10.9 Å². The van der Waals surface area contributed by atoms with Gasteiger partial charge in [-0.1, -0.05) is 127 Å². The first-order chi connectivity index (χ1) is 22.7. The molecule has 1 N–H and O–H groups in total. The maximum Gasteiger partial charge on any atom is 0.418 e. The number of hydrogen-bond acceptors (Lipinski definition) is 4. The minimum Gasteiger partial charge on any atom is -0.468 e. The SMILES string of the molecule is COC(=O)[C@H](Cc1ccc(-c2nccc(C)c2C(F)(F)F)c2ccccc12)NC(c1ccccc1)(c1ccccc1)c1ccccc1. The van der Waals surface area contributed by atoms with Gasteiger partial charge in [-0.2, -0.15) is 13.2 Å². The molecule has 1 atom stereocenters. The van der Waals surface area contributed by atoms with Crippen LogP contribution in [0.1, 0.15) is 33.4 Å². The molecule has 0 spiro atoms. The van der Waals surface area contributed by atoms with Crippen molar-refractivity contribution in [3.8, 4) is 11.3 Å². The fourth-order valence-electron chi connectivity index (χ4n) is 6.50. The first-order valence-electron chi connectivity index (χ1n) is 15.3. The van der Waals surface area contributed by atoms with Crippen LogP contribution in [0.25, 0.3) is 22.0 Å². The predicted octanol–water partition coefficient (Wildman–Crippen LogP) is 8.89. The Labute approximate surface area is 271 Å². The number of carbonyl (C=O) groups excluding carboxylic acids is 1. The summed E-state index contributed by atoms with van der Waals surface area (Å²) >= 11 is 0. The molecular weight excluding hydrogens is 597 g/mol. The molecule has 4 nitrogen and oxygen atoms in total. The van der Waals surface area contributed by atoms with Gasteiger partial charge in [0.2, 0.25) is 0 Å². The lowest BCUT2D eigenvalue weighted by molar-refractivity contribution is -0.143. The van der Waals surface area contributed by atoms with Gasteiger partial charge in [0.25, 0.3) is 0 Å². The number of methoxy groups -OCH3 is 1. The van der Waals surface area contributed by atoms with Crippen LogP contribution in [-0.4, -0.2) is 24.1 Å². The van der Waals surface area contributed by atoms with Crippen molar-refractivity contribution in [1.29, 1.82) is 0 Å². The number of esters is 1. The van der Waals surface area contributed by atoms with Crippen LogP contribution in [0.4, 0.5) is 13.2 Å². The van der Waals surface area contributed by atoms with Crippen LogP contribution in [0, 0.1) is 6.92 Å². The normalized spacial score (nSPS) is 12.5.